The summed E-state index contributed by atoms with van der Waals surface area (Å²) >= 11 is 0. The van der Waals surface area contributed by atoms with Crippen molar-refractivity contribution in [2.45, 2.75) is 150 Å². The molecule has 0 bridgehead atoms. The molecule has 7 aliphatic rings. The Hall–Kier alpha value is -1.26. The van der Waals surface area contributed by atoms with Crippen LogP contribution in [-0.2, 0) is 28.5 Å². The van der Waals surface area contributed by atoms with Crippen LogP contribution in [0, 0.1) is 56.7 Å². The number of carbonyl (C=O) groups excluding carboxylic acids is 2. The minimum absolute atomic E-state index is 0.0328. The van der Waals surface area contributed by atoms with E-state index in [0.29, 0.717) is 60.1 Å². The second-order valence-electron chi connectivity index (χ2n) is 20.0. The Balaban J connectivity index is 1.10. The number of esters is 1. The lowest BCUT2D eigenvalue weighted by Gasteiger charge is -2.63. The van der Waals surface area contributed by atoms with Crippen molar-refractivity contribution >= 4 is 11.9 Å². The van der Waals surface area contributed by atoms with Crippen LogP contribution in [0.1, 0.15) is 114 Å². The number of morpholine rings is 1. The van der Waals surface area contributed by atoms with Crippen molar-refractivity contribution in [1.82, 2.24) is 9.80 Å². The van der Waals surface area contributed by atoms with Crippen molar-refractivity contribution in [3.05, 3.63) is 0 Å². The molecule has 9 nitrogen and oxygen atoms in total. The second-order valence-corrected chi connectivity index (χ2v) is 20.0. The Bertz CT molecular complexity index is 1350. The Morgan fingerprint density at radius 3 is 2.34 bits per heavy atom. The summed E-state index contributed by atoms with van der Waals surface area (Å²) in [6, 6.07) is 0. The summed E-state index contributed by atoms with van der Waals surface area (Å²) in [7, 11) is 3.63. The largest absolute Gasteiger partial charge is 0.457 e. The highest BCUT2D eigenvalue weighted by molar-refractivity contribution is 5.77. The number of likely N-dealkylation sites (N-methyl/N-ethyl adjacent to an activating group) is 1. The van der Waals surface area contributed by atoms with E-state index in [1.807, 2.05) is 14.1 Å². The molecular formula is C41H68N2O7. The van der Waals surface area contributed by atoms with Crippen molar-refractivity contribution in [2.75, 3.05) is 40.3 Å². The van der Waals surface area contributed by atoms with Gasteiger partial charge in [-0.05, 0) is 122 Å². The predicted octanol–water partition coefficient (Wildman–Crippen LogP) is 5.91. The van der Waals surface area contributed by atoms with E-state index in [9.17, 15) is 14.7 Å². The highest BCUT2D eigenvalue weighted by atomic mass is 16.7. The van der Waals surface area contributed by atoms with Crippen LogP contribution < -0.4 is 0 Å². The Labute approximate surface area is 301 Å². The van der Waals surface area contributed by atoms with Gasteiger partial charge in [0.15, 0.2) is 12.4 Å². The van der Waals surface area contributed by atoms with Crippen LogP contribution in [0.4, 0.5) is 0 Å². The molecule has 0 aromatic carbocycles. The van der Waals surface area contributed by atoms with Gasteiger partial charge in [0.1, 0.15) is 0 Å². The van der Waals surface area contributed by atoms with Crippen LogP contribution in [0.25, 0.3) is 0 Å². The number of aliphatic hydroxyl groups is 1. The fourth-order valence-electron chi connectivity index (χ4n) is 14.8. The first kappa shape index (κ1) is 37.1. The molecule has 5 unspecified atom stereocenters. The molecule has 284 valence electrons. The molecule has 50 heavy (non-hydrogen) atoms. The smallest absolute Gasteiger partial charge is 0.303 e. The first-order valence-corrected chi connectivity index (χ1v) is 20.0. The van der Waals surface area contributed by atoms with Gasteiger partial charge in [-0.2, -0.15) is 0 Å². The molecule has 2 saturated heterocycles. The maximum absolute atomic E-state index is 12.4. The van der Waals surface area contributed by atoms with Gasteiger partial charge >= 0.3 is 5.97 Å². The zero-order chi connectivity index (χ0) is 36.4. The van der Waals surface area contributed by atoms with Crippen molar-refractivity contribution in [1.29, 1.82) is 0 Å². The first-order valence-electron chi connectivity index (χ1n) is 20.0. The van der Waals surface area contributed by atoms with Crippen molar-refractivity contribution in [3.63, 3.8) is 0 Å². The molecule has 14 atom stereocenters. The lowest BCUT2D eigenvalue weighted by molar-refractivity contribution is -0.247. The third kappa shape index (κ3) is 5.15. The predicted molar refractivity (Wildman–Crippen MR) is 191 cm³/mol. The molecule has 5 aliphatic carbocycles. The summed E-state index contributed by atoms with van der Waals surface area (Å²) in [6.45, 7) is 22.5. The lowest BCUT2D eigenvalue weighted by atomic mass is 9.41. The molecular weight excluding hydrogens is 632 g/mol. The zero-order valence-corrected chi connectivity index (χ0v) is 33.0. The van der Waals surface area contributed by atoms with Gasteiger partial charge in [-0.15, -0.1) is 0 Å². The van der Waals surface area contributed by atoms with Crippen molar-refractivity contribution in [2.24, 2.45) is 56.7 Å². The van der Waals surface area contributed by atoms with Gasteiger partial charge in [-0.25, -0.2) is 0 Å². The van der Waals surface area contributed by atoms with Gasteiger partial charge in [0.2, 0.25) is 5.91 Å². The zero-order valence-electron chi connectivity index (χ0n) is 33.0. The molecule has 0 radical (unpaired) electrons. The summed E-state index contributed by atoms with van der Waals surface area (Å²) in [5.41, 5.74) is -0.0762. The summed E-state index contributed by atoms with van der Waals surface area (Å²) < 4.78 is 25.9. The van der Waals surface area contributed by atoms with Crippen LogP contribution >= 0.6 is 0 Å². The molecule has 7 fully saturated rings. The number of ether oxygens (including phenoxy) is 4. The molecule has 0 aromatic heterocycles. The average molecular weight is 701 g/mol. The maximum atomic E-state index is 12.4. The number of carbonyl (C=O) groups is 2. The van der Waals surface area contributed by atoms with Crippen LogP contribution in [0.15, 0.2) is 0 Å². The number of rotatable bonds is 7. The molecule has 1 amide bonds. The van der Waals surface area contributed by atoms with E-state index in [1.54, 1.807) is 18.7 Å². The fourth-order valence-corrected chi connectivity index (χ4v) is 14.8. The molecule has 2 heterocycles. The fraction of sp³-hybridized carbons (Fsp3) is 0.951. The number of hydrogen-bond donors (Lipinski definition) is 1. The molecule has 1 N–H and O–H groups in total. The standard InChI is InChI=1S/C41H68N2O7/c1-24-20-27(35(37(6,7)46)48-26(3)44)49-28-21-39(9)30-13-12-29-36(4,5)31(50-33-23-43(18-19-47-33)22-32(45)42(10)11)14-15-40(29)25(2)41(30,40)17-16-38(39,8)34(24)28/h24-25,27-31,33-35,46H,12-23H2,1-11H3/t24-,25-,27?,28?,29?,30+,31+,33?,34?,35+,38-,39+,40-,41+/m1/s1. The normalized spacial score (nSPS) is 48.6. The lowest BCUT2D eigenvalue weighted by Crippen LogP contribution is -2.59. The Kier molecular flexibility index (Phi) is 8.99. The van der Waals surface area contributed by atoms with E-state index in [0.717, 1.165) is 25.8 Å². The third-order valence-corrected chi connectivity index (χ3v) is 16.9. The van der Waals surface area contributed by atoms with Crippen LogP contribution in [0.5, 0.6) is 0 Å². The Morgan fingerprint density at radius 2 is 1.68 bits per heavy atom. The number of amides is 1. The number of fused-ring (bicyclic) bond motifs is 4. The number of nitrogens with zero attached hydrogens (tertiary/aromatic N) is 2. The van der Waals surface area contributed by atoms with E-state index >= 15 is 0 Å². The third-order valence-electron chi connectivity index (χ3n) is 16.9. The summed E-state index contributed by atoms with van der Waals surface area (Å²) in [5.74, 6) is 2.62. The van der Waals surface area contributed by atoms with Gasteiger partial charge in [0.25, 0.3) is 0 Å². The quantitative estimate of drug-likeness (QED) is 0.328. The van der Waals surface area contributed by atoms with Gasteiger partial charge in [-0.3, -0.25) is 14.5 Å². The molecule has 2 spiro atoms. The van der Waals surface area contributed by atoms with Gasteiger partial charge in [0, 0.05) is 27.6 Å². The molecule has 5 saturated carbocycles. The molecule has 7 rings (SSSR count). The topological polar surface area (TPSA) is 97.8 Å². The average Bonchev–Trinajstić information content (AvgIpc) is 3.43. The molecule has 0 aromatic rings. The van der Waals surface area contributed by atoms with Gasteiger partial charge in [-0.1, -0.05) is 41.5 Å². The first-order chi connectivity index (χ1) is 23.2. The van der Waals surface area contributed by atoms with E-state index in [4.69, 9.17) is 18.9 Å². The highest BCUT2D eigenvalue weighted by Gasteiger charge is 2.86. The second kappa shape index (κ2) is 12.1. The monoisotopic (exact) mass is 701 g/mol. The summed E-state index contributed by atoms with van der Waals surface area (Å²) in [5, 5.41) is 11.1. The SMILES string of the molecule is CC(=O)O[C@@H](C1C[C@@H](C)C2C(C[C@@]3(C)[C@@H]4CCC5C(C)(C)[C@@H](OC6CN(CC(=O)N(C)C)CCO6)CC[C@@]56[C@@H](C)[C@@]46CC[C@]23C)O1)C(C)(C)O. The van der Waals surface area contributed by atoms with Crippen molar-refractivity contribution < 1.29 is 33.6 Å². The van der Waals surface area contributed by atoms with Crippen LogP contribution in [0.3, 0.4) is 0 Å². The minimum Gasteiger partial charge on any atom is -0.457 e. The van der Waals surface area contributed by atoms with E-state index < -0.39 is 11.7 Å². The van der Waals surface area contributed by atoms with Crippen LogP contribution in [0.2, 0.25) is 0 Å². The summed E-state index contributed by atoms with van der Waals surface area (Å²) in [4.78, 5) is 28.4. The minimum atomic E-state index is -1.18. The van der Waals surface area contributed by atoms with Crippen molar-refractivity contribution in [3.8, 4) is 0 Å². The van der Waals surface area contributed by atoms with E-state index in [-0.39, 0.29) is 52.7 Å². The van der Waals surface area contributed by atoms with Gasteiger partial charge < -0.3 is 29.0 Å². The highest BCUT2D eigenvalue weighted by Crippen LogP contribution is 2.91. The molecule has 2 aliphatic heterocycles. The summed E-state index contributed by atoms with van der Waals surface area (Å²) in [6.07, 6.45) is 8.17. The van der Waals surface area contributed by atoms with Gasteiger partial charge in [0.05, 0.1) is 43.6 Å². The van der Waals surface area contributed by atoms with E-state index in [2.05, 4.69) is 46.4 Å². The van der Waals surface area contributed by atoms with Crippen LogP contribution in [-0.4, -0.2) is 103 Å². The Morgan fingerprint density at radius 1 is 1.00 bits per heavy atom. The maximum Gasteiger partial charge on any atom is 0.303 e. The molecule has 9 heteroatoms. The van der Waals surface area contributed by atoms with E-state index in [1.165, 1.54) is 39.0 Å². The number of hydrogen-bond acceptors (Lipinski definition) is 8.